The van der Waals surface area contributed by atoms with Crippen LogP contribution in [-0.2, 0) is 12.8 Å². The predicted octanol–water partition coefficient (Wildman–Crippen LogP) is 14.1. The highest BCUT2D eigenvalue weighted by Crippen LogP contribution is 2.39. The maximum atomic E-state index is 4.86. The molecule has 0 unspecified atom stereocenters. The van der Waals surface area contributed by atoms with Crippen molar-refractivity contribution in [3.8, 4) is 11.8 Å². The fourth-order valence-electron chi connectivity index (χ4n) is 7.02. The first-order valence-corrected chi connectivity index (χ1v) is 22.5. The van der Waals surface area contributed by atoms with E-state index in [0.717, 1.165) is 76.0 Å². The average molecular weight is 779 g/mol. The molecule has 270 valence electrons. The maximum absolute atomic E-state index is 4.86. The normalized spacial score (nSPS) is 12.0. The smallest absolute Gasteiger partial charge is 0.0990 e. The summed E-state index contributed by atoms with van der Waals surface area (Å²) < 4.78 is 4.33. The molecule has 0 aliphatic rings. The lowest BCUT2D eigenvalue weighted by Gasteiger charge is -2.05. The Bertz CT molecular complexity index is 2360. The Morgan fingerprint density at radius 3 is 1.24 bits per heavy atom. The minimum atomic E-state index is 0.923. The lowest BCUT2D eigenvalue weighted by Crippen LogP contribution is -1.88. The summed E-state index contributed by atoms with van der Waals surface area (Å²) in [6.07, 6.45) is 21.4. The summed E-state index contributed by atoms with van der Waals surface area (Å²) in [4.78, 5) is 19.4. The highest BCUT2D eigenvalue weighted by atomic mass is 32.1. The van der Waals surface area contributed by atoms with Crippen LogP contribution in [0.15, 0.2) is 70.6 Å². The molecule has 4 aromatic carbocycles. The second-order valence-corrected chi connectivity index (χ2v) is 17.1. The van der Waals surface area contributed by atoms with E-state index in [1.165, 1.54) is 73.6 Å². The van der Waals surface area contributed by atoms with Gasteiger partial charge in [-0.1, -0.05) is 137 Å². The van der Waals surface area contributed by atoms with E-state index in [1.54, 1.807) is 45.3 Å². The van der Waals surface area contributed by atoms with Crippen LogP contribution < -0.4 is 0 Å². The van der Waals surface area contributed by atoms with E-state index in [2.05, 4.69) is 98.5 Å². The number of hydrogen-bond acceptors (Lipinski definition) is 8. The van der Waals surface area contributed by atoms with Crippen molar-refractivity contribution < 1.29 is 0 Å². The molecule has 4 aromatic heterocycles. The monoisotopic (exact) mass is 778 g/mol. The molecule has 54 heavy (non-hydrogen) atoms. The molecule has 8 aromatic rings. The molecule has 0 atom stereocenters. The van der Waals surface area contributed by atoms with E-state index in [0.29, 0.717) is 0 Å². The zero-order valence-corrected chi connectivity index (χ0v) is 34.0. The van der Waals surface area contributed by atoms with Crippen molar-refractivity contribution in [3.63, 3.8) is 0 Å². The first-order valence-electron chi connectivity index (χ1n) is 19.0. The van der Waals surface area contributed by atoms with Crippen LogP contribution in [0.3, 0.4) is 0 Å². The standard InChI is InChI=1S/C46H42N4S4/c1-3-5-7-9-11-31-13-17-33(18-14-31)21-23-35-39-45(53-27-47-39)37(41-43(35)51-29-49-41)25-26-38-42-44(52-30-50-42)36(40-46(38)54-28-48-40)24-22-34-19-15-32(16-20-34)12-10-8-6-4-2/h13-24,27-30H,3-12H2,1-2H3. The fourth-order valence-corrected chi connectivity index (χ4v) is 10.3. The Morgan fingerprint density at radius 2 is 0.833 bits per heavy atom. The molecule has 0 bridgehead atoms. The molecular weight excluding hydrogens is 737 g/mol. The number of hydrogen-bond donors (Lipinski definition) is 0. The molecule has 0 N–H and O–H groups in total. The summed E-state index contributed by atoms with van der Waals surface area (Å²) in [7, 11) is 0. The SMILES string of the molecule is CCCCCCc1ccc(C=Cc2c3ncsc3c(C#Cc3c4ncsc4c(C=Cc4ccc(CCCCCC)cc4)c4ncsc34)c3ncsc23)cc1. The number of nitrogens with zero attached hydrogens (tertiary/aromatic N) is 4. The number of aromatic nitrogens is 4. The fraction of sp³-hybridized carbons (Fsp3) is 0.261. The van der Waals surface area contributed by atoms with Gasteiger partial charge in [-0.3, -0.25) is 0 Å². The third-order valence-electron chi connectivity index (χ3n) is 9.99. The van der Waals surface area contributed by atoms with E-state index in [1.807, 2.05) is 22.0 Å². The van der Waals surface area contributed by atoms with Crippen molar-refractivity contribution in [1.82, 2.24) is 19.9 Å². The molecule has 0 amide bonds. The summed E-state index contributed by atoms with van der Waals surface area (Å²) in [5, 5.41) is 0. The Kier molecular flexibility index (Phi) is 11.7. The number of benzene rings is 4. The molecule has 0 aliphatic carbocycles. The zero-order valence-electron chi connectivity index (χ0n) is 30.7. The van der Waals surface area contributed by atoms with Crippen molar-refractivity contribution >= 4 is 111 Å². The average Bonchev–Trinajstić information content (AvgIpc) is 4.04. The Balaban J connectivity index is 1.10. The number of rotatable bonds is 14. The number of fused-ring (bicyclic) bond motifs is 4. The van der Waals surface area contributed by atoms with Crippen molar-refractivity contribution in [3.05, 3.63) is 115 Å². The lowest BCUT2D eigenvalue weighted by molar-refractivity contribution is 0.667. The number of unbranched alkanes of at least 4 members (excludes halogenated alkanes) is 6. The lowest BCUT2D eigenvalue weighted by atomic mass is 10.0. The van der Waals surface area contributed by atoms with Gasteiger partial charge in [0.25, 0.3) is 0 Å². The second kappa shape index (κ2) is 17.3. The molecule has 0 fully saturated rings. The summed E-state index contributed by atoms with van der Waals surface area (Å²) in [5.41, 5.74) is 20.7. The molecule has 0 aliphatic heterocycles. The molecular formula is C46H42N4S4. The molecule has 8 heteroatoms. The van der Waals surface area contributed by atoms with Gasteiger partial charge in [-0.05, 0) is 47.9 Å². The van der Waals surface area contributed by atoms with Gasteiger partial charge in [-0.15, -0.1) is 45.3 Å². The van der Waals surface area contributed by atoms with Gasteiger partial charge in [-0.25, -0.2) is 19.9 Å². The predicted molar refractivity (Wildman–Crippen MR) is 238 cm³/mol. The van der Waals surface area contributed by atoms with Crippen LogP contribution >= 0.6 is 45.3 Å². The van der Waals surface area contributed by atoms with Gasteiger partial charge in [0.1, 0.15) is 0 Å². The molecule has 0 radical (unpaired) electrons. The van der Waals surface area contributed by atoms with E-state index in [-0.39, 0.29) is 0 Å². The van der Waals surface area contributed by atoms with E-state index >= 15 is 0 Å². The van der Waals surface area contributed by atoms with Crippen molar-refractivity contribution in [2.24, 2.45) is 0 Å². The first kappa shape index (κ1) is 36.5. The van der Waals surface area contributed by atoms with Gasteiger partial charge < -0.3 is 0 Å². The topological polar surface area (TPSA) is 51.6 Å². The minimum Gasteiger partial charge on any atom is -0.244 e. The van der Waals surface area contributed by atoms with E-state index in [9.17, 15) is 0 Å². The van der Waals surface area contributed by atoms with Crippen LogP contribution in [0, 0.1) is 11.8 Å². The summed E-state index contributed by atoms with van der Waals surface area (Å²) >= 11 is 6.54. The second-order valence-electron chi connectivity index (χ2n) is 13.7. The van der Waals surface area contributed by atoms with Crippen molar-refractivity contribution in [2.45, 2.75) is 78.1 Å². The van der Waals surface area contributed by atoms with Gasteiger partial charge in [-0.2, -0.15) is 0 Å². The number of aryl methyl sites for hydroxylation is 2. The zero-order chi connectivity index (χ0) is 36.7. The van der Waals surface area contributed by atoms with E-state index < -0.39 is 0 Å². The van der Waals surface area contributed by atoms with Gasteiger partial charge in [0.2, 0.25) is 0 Å². The highest BCUT2D eigenvalue weighted by molar-refractivity contribution is 7.19. The van der Waals surface area contributed by atoms with Crippen LogP contribution in [0.4, 0.5) is 0 Å². The molecule has 4 nitrogen and oxygen atoms in total. The molecule has 0 spiro atoms. The van der Waals surface area contributed by atoms with Crippen LogP contribution in [0.5, 0.6) is 0 Å². The molecule has 4 heterocycles. The molecule has 0 saturated carbocycles. The van der Waals surface area contributed by atoms with Gasteiger partial charge in [0.05, 0.1) is 74.0 Å². The Hall–Kier alpha value is -4.52. The van der Waals surface area contributed by atoms with Crippen LogP contribution in [-0.4, -0.2) is 19.9 Å². The largest absolute Gasteiger partial charge is 0.244 e. The maximum Gasteiger partial charge on any atom is 0.0990 e. The molecule has 0 saturated heterocycles. The molecule has 8 rings (SSSR count). The number of thiazole rings is 4. The van der Waals surface area contributed by atoms with Gasteiger partial charge in [0, 0.05) is 11.1 Å². The first-order chi connectivity index (χ1) is 26.7. The third kappa shape index (κ3) is 7.83. The summed E-state index contributed by atoms with van der Waals surface area (Å²) in [6.45, 7) is 4.52. The summed E-state index contributed by atoms with van der Waals surface area (Å²) in [6, 6.07) is 18.0. The van der Waals surface area contributed by atoms with Gasteiger partial charge >= 0.3 is 0 Å². The van der Waals surface area contributed by atoms with Crippen molar-refractivity contribution in [2.75, 3.05) is 0 Å². The van der Waals surface area contributed by atoms with Crippen LogP contribution in [0.2, 0.25) is 0 Å². The van der Waals surface area contributed by atoms with Gasteiger partial charge in [0.15, 0.2) is 0 Å². The van der Waals surface area contributed by atoms with Crippen LogP contribution in [0.25, 0.3) is 65.2 Å². The van der Waals surface area contributed by atoms with Crippen molar-refractivity contribution in [1.29, 1.82) is 0 Å². The quantitative estimate of drug-likeness (QED) is 0.0627. The Morgan fingerprint density at radius 1 is 0.444 bits per heavy atom. The highest BCUT2D eigenvalue weighted by Gasteiger charge is 2.19. The third-order valence-corrected chi connectivity index (χ3v) is 13.4. The van der Waals surface area contributed by atoms with Crippen LogP contribution in [0.1, 0.15) is 110 Å². The van der Waals surface area contributed by atoms with E-state index in [4.69, 9.17) is 19.9 Å². The Labute approximate surface area is 333 Å². The minimum absolute atomic E-state index is 0.923. The summed E-state index contributed by atoms with van der Waals surface area (Å²) in [5.74, 6) is 7.17.